The van der Waals surface area contributed by atoms with Crippen LogP contribution in [0.5, 0.6) is 0 Å². The maximum Gasteiger partial charge on any atom is 0.326 e. The summed E-state index contributed by atoms with van der Waals surface area (Å²) in [6, 6.07) is 5.63. The molecule has 3 atom stereocenters. The lowest BCUT2D eigenvalue weighted by Gasteiger charge is -2.24. The average Bonchev–Trinajstić information content (AvgIpc) is 2.97. The van der Waals surface area contributed by atoms with Crippen molar-refractivity contribution in [3.05, 3.63) is 35.6 Å². The summed E-state index contributed by atoms with van der Waals surface area (Å²) in [5.74, 6) is -1.88. The van der Waals surface area contributed by atoms with Crippen molar-refractivity contribution in [2.45, 2.75) is 38.3 Å². The van der Waals surface area contributed by atoms with Gasteiger partial charge in [0.1, 0.15) is 11.9 Å². The van der Waals surface area contributed by atoms with Crippen LogP contribution < -0.4 is 0 Å². The van der Waals surface area contributed by atoms with E-state index in [1.54, 1.807) is 25.1 Å². The number of aryl methyl sites for hydroxylation is 1. The van der Waals surface area contributed by atoms with Crippen LogP contribution >= 0.6 is 0 Å². The summed E-state index contributed by atoms with van der Waals surface area (Å²) in [7, 11) is 1.51. The van der Waals surface area contributed by atoms with Gasteiger partial charge in [0.2, 0.25) is 5.91 Å². The molecule has 6 heteroatoms. The van der Waals surface area contributed by atoms with Crippen molar-refractivity contribution < 1.29 is 23.8 Å². The Morgan fingerprint density at radius 3 is 2.74 bits per heavy atom. The summed E-state index contributed by atoms with van der Waals surface area (Å²) in [5.41, 5.74) is 0.568. The zero-order chi connectivity index (χ0) is 17.0. The van der Waals surface area contributed by atoms with E-state index in [0.29, 0.717) is 24.8 Å². The van der Waals surface area contributed by atoms with Crippen molar-refractivity contribution in [3.63, 3.8) is 0 Å². The summed E-state index contributed by atoms with van der Waals surface area (Å²) < 4.78 is 18.8. The van der Waals surface area contributed by atoms with Gasteiger partial charge in [0.05, 0.1) is 6.10 Å². The van der Waals surface area contributed by atoms with Gasteiger partial charge in [0, 0.05) is 26.0 Å². The van der Waals surface area contributed by atoms with Gasteiger partial charge in [-0.1, -0.05) is 25.1 Å². The monoisotopic (exact) mass is 323 g/mol. The van der Waals surface area contributed by atoms with Crippen LogP contribution in [-0.2, 0) is 20.7 Å². The van der Waals surface area contributed by atoms with Crippen molar-refractivity contribution in [3.8, 4) is 0 Å². The van der Waals surface area contributed by atoms with E-state index >= 15 is 0 Å². The Bertz CT molecular complexity index is 577. The summed E-state index contributed by atoms with van der Waals surface area (Å²) in [6.45, 7) is 2.04. The lowest BCUT2D eigenvalue weighted by atomic mass is 9.99. The molecule has 2 rings (SSSR count). The van der Waals surface area contributed by atoms with Crippen molar-refractivity contribution in [2.24, 2.45) is 5.92 Å². The molecule has 1 amide bonds. The molecule has 1 fully saturated rings. The molecule has 0 radical (unpaired) electrons. The maximum atomic E-state index is 13.6. The molecule has 1 saturated heterocycles. The average molecular weight is 323 g/mol. The number of methoxy groups -OCH3 is 1. The summed E-state index contributed by atoms with van der Waals surface area (Å²) >= 11 is 0. The van der Waals surface area contributed by atoms with Crippen molar-refractivity contribution >= 4 is 11.9 Å². The standard InChI is InChI=1S/C17H22FNO4/c1-11(7-8-12-5-3-4-6-14(12)18)16(20)19-10-13(23-2)9-15(19)17(21)22/h3-6,11,13,15H,7-10H2,1-2H3,(H,21,22). The number of carbonyl (C=O) groups excluding carboxylic acids is 1. The molecule has 126 valence electrons. The van der Waals surface area contributed by atoms with Crippen LogP contribution in [0.1, 0.15) is 25.3 Å². The molecule has 1 N–H and O–H groups in total. The van der Waals surface area contributed by atoms with Gasteiger partial charge in [0.25, 0.3) is 0 Å². The fraction of sp³-hybridized carbons (Fsp3) is 0.529. The quantitative estimate of drug-likeness (QED) is 0.870. The predicted molar refractivity (Wildman–Crippen MR) is 82.4 cm³/mol. The Hall–Kier alpha value is -1.95. The Kier molecular flexibility index (Phi) is 5.71. The van der Waals surface area contributed by atoms with E-state index in [4.69, 9.17) is 4.74 Å². The number of hydrogen-bond donors (Lipinski definition) is 1. The highest BCUT2D eigenvalue weighted by Crippen LogP contribution is 2.24. The minimum absolute atomic E-state index is 0.215. The van der Waals surface area contributed by atoms with Gasteiger partial charge in [-0.15, -0.1) is 0 Å². The number of benzene rings is 1. The second-order valence-electron chi connectivity index (χ2n) is 5.97. The summed E-state index contributed by atoms with van der Waals surface area (Å²) in [6.07, 6.45) is 0.968. The number of carbonyl (C=O) groups is 2. The fourth-order valence-corrected chi connectivity index (χ4v) is 2.93. The number of carboxylic acid groups (broad SMARTS) is 1. The van der Waals surface area contributed by atoms with Gasteiger partial charge in [-0.05, 0) is 24.5 Å². The first-order valence-electron chi connectivity index (χ1n) is 7.73. The van der Waals surface area contributed by atoms with E-state index in [0.717, 1.165) is 0 Å². The van der Waals surface area contributed by atoms with E-state index in [1.807, 2.05) is 0 Å². The lowest BCUT2D eigenvalue weighted by molar-refractivity contribution is -0.149. The van der Waals surface area contributed by atoms with Gasteiger partial charge >= 0.3 is 5.97 Å². The minimum atomic E-state index is -1.01. The maximum absolute atomic E-state index is 13.6. The first-order valence-corrected chi connectivity index (χ1v) is 7.73. The Morgan fingerprint density at radius 2 is 2.13 bits per heavy atom. The van der Waals surface area contributed by atoms with Crippen LogP contribution in [0.4, 0.5) is 4.39 Å². The van der Waals surface area contributed by atoms with E-state index in [9.17, 15) is 19.1 Å². The molecule has 0 aliphatic carbocycles. The highest BCUT2D eigenvalue weighted by molar-refractivity contribution is 5.85. The number of ether oxygens (including phenoxy) is 1. The van der Waals surface area contributed by atoms with E-state index in [1.165, 1.54) is 18.1 Å². The first kappa shape index (κ1) is 17.4. The molecular formula is C17H22FNO4. The molecule has 0 aromatic heterocycles. The van der Waals surface area contributed by atoms with Crippen LogP contribution in [0.25, 0.3) is 0 Å². The van der Waals surface area contributed by atoms with Gasteiger partial charge in [-0.3, -0.25) is 4.79 Å². The van der Waals surface area contributed by atoms with Gasteiger partial charge in [-0.2, -0.15) is 0 Å². The van der Waals surface area contributed by atoms with Crippen LogP contribution in [0.2, 0.25) is 0 Å². The number of rotatable bonds is 6. The van der Waals surface area contributed by atoms with Crippen LogP contribution in [0.15, 0.2) is 24.3 Å². The van der Waals surface area contributed by atoms with Gasteiger partial charge in [0.15, 0.2) is 0 Å². The number of amides is 1. The van der Waals surface area contributed by atoms with Gasteiger partial charge in [-0.25, -0.2) is 9.18 Å². The lowest BCUT2D eigenvalue weighted by Crippen LogP contribution is -2.43. The van der Waals surface area contributed by atoms with E-state index in [-0.39, 0.29) is 30.3 Å². The van der Waals surface area contributed by atoms with E-state index < -0.39 is 12.0 Å². The second-order valence-corrected chi connectivity index (χ2v) is 5.97. The topological polar surface area (TPSA) is 66.8 Å². The molecule has 1 aliphatic heterocycles. The number of nitrogens with zero attached hydrogens (tertiary/aromatic N) is 1. The molecule has 0 bridgehead atoms. The fourth-order valence-electron chi connectivity index (χ4n) is 2.93. The smallest absolute Gasteiger partial charge is 0.326 e. The number of aliphatic carboxylic acids is 1. The zero-order valence-electron chi connectivity index (χ0n) is 13.4. The molecule has 1 heterocycles. The van der Waals surface area contributed by atoms with Crippen molar-refractivity contribution in [1.82, 2.24) is 4.90 Å². The molecule has 0 spiro atoms. The number of hydrogen-bond acceptors (Lipinski definition) is 3. The predicted octanol–water partition coefficient (Wildman–Crippen LogP) is 2.09. The second kappa shape index (κ2) is 7.55. The van der Waals surface area contributed by atoms with E-state index in [2.05, 4.69) is 0 Å². The summed E-state index contributed by atoms with van der Waals surface area (Å²) in [5, 5.41) is 9.27. The highest BCUT2D eigenvalue weighted by Gasteiger charge is 2.40. The molecular weight excluding hydrogens is 301 g/mol. The SMILES string of the molecule is COC1CC(C(=O)O)N(C(=O)C(C)CCc2ccccc2F)C1. The highest BCUT2D eigenvalue weighted by atomic mass is 19.1. The summed E-state index contributed by atoms with van der Waals surface area (Å²) in [4.78, 5) is 25.2. The number of carboxylic acids is 1. The Labute approximate surface area is 135 Å². The molecule has 3 unspecified atom stereocenters. The molecule has 1 aromatic carbocycles. The van der Waals surface area contributed by atoms with Crippen molar-refractivity contribution in [1.29, 1.82) is 0 Å². The number of halogens is 1. The zero-order valence-corrected chi connectivity index (χ0v) is 13.4. The third kappa shape index (κ3) is 4.07. The largest absolute Gasteiger partial charge is 0.480 e. The first-order chi connectivity index (χ1) is 10.9. The minimum Gasteiger partial charge on any atom is -0.480 e. The third-order valence-electron chi connectivity index (χ3n) is 4.39. The normalized spacial score (nSPS) is 22.1. The van der Waals surface area contributed by atoms with Crippen LogP contribution in [0, 0.1) is 11.7 Å². The molecule has 1 aliphatic rings. The van der Waals surface area contributed by atoms with Crippen LogP contribution in [-0.4, -0.2) is 47.7 Å². The van der Waals surface area contributed by atoms with Crippen molar-refractivity contribution in [2.75, 3.05) is 13.7 Å². The molecule has 1 aromatic rings. The third-order valence-corrected chi connectivity index (χ3v) is 4.39. The molecule has 23 heavy (non-hydrogen) atoms. The Balaban J connectivity index is 1.98. The molecule has 5 nitrogen and oxygen atoms in total. The van der Waals surface area contributed by atoms with Gasteiger partial charge < -0.3 is 14.7 Å². The molecule has 0 saturated carbocycles. The number of likely N-dealkylation sites (tertiary alicyclic amines) is 1. The Morgan fingerprint density at radius 1 is 1.43 bits per heavy atom. The van der Waals surface area contributed by atoms with Crippen LogP contribution in [0.3, 0.4) is 0 Å².